The quantitative estimate of drug-likeness (QED) is 0.848. The molecule has 1 aromatic heterocycles. The van der Waals surface area contributed by atoms with Gasteiger partial charge >= 0.3 is 0 Å². The molecular formula is C13H11Br2FN2O. The summed E-state index contributed by atoms with van der Waals surface area (Å²) in [6, 6.07) is 6.41. The molecule has 0 spiro atoms. The van der Waals surface area contributed by atoms with Crippen molar-refractivity contribution in [3.8, 4) is 11.6 Å². The van der Waals surface area contributed by atoms with Crippen LogP contribution in [0.3, 0.4) is 0 Å². The monoisotopic (exact) mass is 388 g/mol. The van der Waals surface area contributed by atoms with Crippen LogP contribution in [-0.2, 0) is 6.54 Å². The average molecular weight is 390 g/mol. The van der Waals surface area contributed by atoms with E-state index in [2.05, 4.69) is 42.2 Å². The van der Waals surface area contributed by atoms with Crippen LogP contribution in [0.5, 0.6) is 11.6 Å². The molecule has 0 fully saturated rings. The third-order valence-electron chi connectivity index (χ3n) is 2.36. The summed E-state index contributed by atoms with van der Waals surface area (Å²) in [7, 11) is 1.85. The fourth-order valence-electron chi connectivity index (χ4n) is 1.53. The lowest BCUT2D eigenvalue weighted by Gasteiger charge is -2.10. The minimum atomic E-state index is -0.327. The molecule has 0 radical (unpaired) electrons. The van der Waals surface area contributed by atoms with E-state index in [0.717, 1.165) is 10.0 Å². The Bertz CT molecular complexity index is 593. The maximum Gasteiger partial charge on any atom is 0.223 e. The first-order valence-electron chi connectivity index (χ1n) is 5.52. The standard InChI is InChI=1S/C13H11Br2FN2O/c1-17-6-8-4-9(14)7-18-13(8)19-10-2-3-12(16)11(15)5-10/h2-5,7,17H,6H2,1H3. The summed E-state index contributed by atoms with van der Waals surface area (Å²) in [6.45, 7) is 0.629. The summed E-state index contributed by atoms with van der Waals surface area (Å²) in [4.78, 5) is 4.23. The number of benzene rings is 1. The van der Waals surface area contributed by atoms with E-state index in [1.165, 1.54) is 6.07 Å². The van der Waals surface area contributed by atoms with Crippen molar-refractivity contribution >= 4 is 31.9 Å². The smallest absolute Gasteiger partial charge is 0.223 e. The van der Waals surface area contributed by atoms with Crippen molar-refractivity contribution in [2.24, 2.45) is 0 Å². The van der Waals surface area contributed by atoms with Gasteiger partial charge in [-0.2, -0.15) is 0 Å². The van der Waals surface area contributed by atoms with Crippen molar-refractivity contribution in [2.75, 3.05) is 7.05 Å². The molecule has 1 N–H and O–H groups in total. The zero-order chi connectivity index (χ0) is 13.8. The van der Waals surface area contributed by atoms with Gasteiger partial charge in [0.25, 0.3) is 0 Å². The zero-order valence-corrected chi connectivity index (χ0v) is 13.3. The predicted octanol–water partition coefficient (Wildman–Crippen LogP) is 4.26. The molecule has 0 amide bonds. The van der Waals surface area contributed by atoms with Crippen LogP contribution in [0.4, 0.5) is 4.39 Å². The van der Waals surface area contributed by atoms with Crippen LogP contribution in [0.25, 0.3) is 0 Å². The van der Waals surface area contributed by atoms with Crippen molar-refractivity contribution in [2.45, 2.75) is 6.54 Å². The molecule has 0 unspecified atom stereocenters. The van der Waals surface area contributed by atoms with Crippen molar-refractivity contribution in [1.82, 2.24) is 10.3 Å². The highest BCUT2D eigenvalue weighted by molar-refractivity contribution is 9.10. The van der Waals surface area contributed by atoms with Gasteiger partial charge in [0.1, 0.15) is 11.6 Å². The van der Waals surface area contributed by atoms with Gasteiger partial charge in [0, 0.05) is 22.8 Å². The minimum Gasteiger partial charge on any atom is -0.439 e. The maximum atomic E-state index is 13.2. The van der Waals surface area contributed by atoms with Crippen molar-refractivity contribution in [3.05, 3.63) is 50.8 Å². The van der Waals surface area contributed by atoms with E-state index in [1.54, 1.807) is 18.3 Å². The molecule has 0 aliphatic heterocycles. The number of hydrogen-bond acceptors (Lipinski definition) is 3. The molecule has 6 heteroatoms. The lowest BCUT2D eigenvalue weighted by atomic mass is 10.2. The van der Waals surface area contributed by atoms with Crippen LogP contribution < -0.4 is 10.1 Å². The summed E-state index contributed by atoms with van der Waals surface area (Å²) in [5, 5.41) is 3.05. The number of hydrogen-bond donors (Lipinski definition) is 1. The van der Waals surface area contributed by atoms with Crippen LogP contribution in [0.2, 0.25) is 0 Å². The van der Waals surface area contributed by atoms with Crippen molar-refractivity contribution in [1.29, 1.82) is 0 Å². The molecule has 0 atom stereocenters. The van der Waals surface area contributed by atoms with Gasteiger partial charge in [0.15, 0.2) is 0 Å². The highest BCUT2D eigenvalue weighted by atomic mass is 79.9. The second-order valence-corrected chi connectivity index (χ2v) is 5.60. The number of ether oxygens (including phenoxy) is 1. The molecule has 0 aliphatic carbocycles. The number of aromatic nitrogens is 1. The van der Waals surface area contributed by atoms with Crippen LogP contribution in [-0.4, -0.2) is 12.0 Å². The minimum absolute atomic E-state index is 0.327. The Balaban J connectivity index is 2.29. The molecule has 19 heavy (non-hydrogen) atoms. The Labute approximate surface area is 127 Å². The van der Waals surface area contributed by atoms with Gasteiger partial charge in [-0.25, -0.2) is 9.37 Å². The molecule has 0 saturated carbocycles. The first-order valence-corrected chi connectivity index (χ1v) is 7.10. The lowest BCUT2D eigenvalue weighted by Crippen LogP contribution is -2.07. The zero-order valence-electron chi connectivity index (χ0n) is 10.1. The Morgan fingerprint density at radius 1 is 1.32 bits per heavy atom. The molecule has 0 aliphatic rings. The highest BCUT2D eigenvalue weighted by Gasteiger charge is 2.08. The molecule has 1 heterocycles. The average Bonchev–Trinajstić information content (AvgIpc) is 2.37. The second-order valence-electron chi connectivity index (χ2n) is 3.83. The van der Waals surface area contributed by atoms with Gasteiger partial charge in [-0.1, -0.05) is 0 Å². The Kier molecular flexibility index (Phi) is 4.90. The largest absolute Gasteiger partial charge is 0.439 e. The Morgan fingerprint density at radius 3 is 2.79 bits per heavy atom. The topological polar surface area (TPSA) is 34.2 Å². The summed E-state index contributed by atoms with van der Waals surface area (Å²) >= 11 is 6.49. The number of nitrogens with zero attached hydrogens (tertiary/aromatic N) is 1. The van der Waals surface area contributed by atoms with Gasteiger partial charge in [-0.15, -0.1) is 0 Å². The van der Waals surface area contributed by atoms with Gasteiger partial charge in [-0.05, 0) is 63.2 Å². The summed E-state index contributed by atoms with van der Waals surface area (Å²) in [5.41, 5.74) is 0.914. The fraction of sp³-hybridized carbons (Fsp3) is 0.154. The number of nitrogens with one attached hydrogen (secondary N) is 1. The van der Waals surface area contributed by atoms with Crippen molar-refractivity contribution in [3.63, 3.8) is 0 Å². The molecule has 1 aromatic carbocycles. The second kappa shape index (κ2) is 6.45. The van der Waals surface area contributed by atoms with E-state index in [1.807, 2.05) is 13.1 Å². The van der Waals surface area contributed by atoms with Crippen molar-refractivity contribution < 1.29 is 9.13 Å². The summed E-state index contributed by atoms with van der Waals surface area (Å²) in [5.74, 6) is 0.697. The molecule has 0 saturated heterocycles. The fourth-order valence-corrected chi connectivity index (χ4v) is 2.27. The normalized spacial score (nSPS) is 10.5. The third kappa shape index (κ3) is 3.75. The van der Waals surface area contributed by atoms with E-state index in [0.29, 0.717) is 22.6 Å². The molecule has 100 valence electrons. The lowest BCUT2D eigenvalue weighted by molar-refractivity contribution is 0.452. The number of pyridine rings is 1. The van der Waals surface area contributed by atoms with Gasteiger partial charge in [-0.3, -0.25) is 0 Å². The van der Waals surface area contributed by atoms with Crippen LogP contribution in [0.15, 0.2) is 39.4 Å². The molecule has 0 bridgehead atoms. The third-order valence-corrected chi connectivity index (χ3v) is 3.41. The maximum absolute atomic E-state index is 13.2. The van der Waals surface area contributed by atoms with E-state index >= 15 is 0 Å². The SMILES string of the molecule is CNCc1cc(Br)cnc1Oc1ccc(F)c(Br)c1. The van der Waals surface area contributed by atoms with E-state index in [4.69, 9.17) is 4.74 Å². The number of halogens is 3. The van der Waals surface area contributed by atoms with Crippen LogP contribution in [0.1, 0.15) is 5.56 Å². The Hall–Kier alpha value is -0.980. The molecule has 3 nitrogen and oxygen atoms in total. The van der Waals surface area contributed by atoms with Gasteiger partial charge in [0.2, 0.25) is 5.88 Å². The Morgan fingerprint density at radius 2 is 2.11 bits per heavy atom. The molecule has 2 rings (SSSR count). The van der Waals surface area contributed by atoms with Gasteiger partial charge < -0.3 is 10.1 Å². The summed E-state index contributed by atoms with van der Waals surface area (Å²) in [6.07, 6.45) is 1.66. The number of rotatable bonds is 4. The molecule has 2 aromatic rings. The van der Waals surface area contributed by atoms with E-state index in [9.17, 15) is 4.39 Å². The first-order chi connectivity index (χ1) is 9.10. The summed E-state index contributed by atoms with van der Waals surface area (Å²) < 4.78 is 20.1. The van der Waals surface area contributed by atoms with E-state index < -0.39 is 0 Å². The predicted molar refractivity (Wildman–Crippen MR) is 78.9 cm³/mol. The first kappa shape index (κ1) is 14.4. The van der Waals surface area contributed by atoms with E-state index in [-0.39, 0.29) is 5.82 Å². The molecular weight excluding hydrogens is 379 g/mol. The van der Waals surface area contributed by atoms with Crippen LogP contribution in [0, 0.1) is 5.82 Å². The highest BCUT2D eigenvalue weighted by Crippen LogP contribution is 2.28. The van der Waals surface area contributed by atoms with Gasteiger partial charge in [0.05, 0.1) is 4.47 Å². The van der Waals surface area contributed by atoms with Crippen LogP contribution >= 0.6 is 31.9 Å².